The second-order valence-corrected chi connectivity index (χ2v) is 5.82. The number of allylic oxidation sites excluding steroid dienone is 1. The van der Waals surface area contributed by atoms with Crippen molar-refractivity contribution in [3.63, 3.8) is 0 Å². The van der Waals surface area contributed by atoms with Gasteiger partial charge in [0, 0.05) is 0 Å². The Morgan fingerprint density at radius 1 is 1.50 bits per heavy atom. The van der Waals surface area contributed by atoms with Crippen molar-refractivity contribution >= 4 is 21.2 Å². The molecule has 1 heterocycles. The third-order valence-electron chi connectivity index (χ3n) is 1.49. The summed E-state index contributed by atoms with van der Waals surface area (Å²) in [5, 5.41) is 1.64. The highest BCUT2D eigenvalue weighted by molar-refractivity contribution is 7.93. The second-order valence-electron chi connectivity index (χ2n) is 2.53. The fourth-order valence-electron chi connectivity index (χ4n) is 0.864. The van der Waals surface area contributed by atoms with Crippen LogP contribution >= 0.6 is 11.3 Å². The van der Waals surface area contributed by atoms with Crippen LogP contribution in [0.1, 0.15) is 6.42 Å². The molecule has 14 heavy (non-hydrogen) atoms. The largest absolute Gasteiger partial charge is 0.266 e. The Balaban J connectivity index is 2.65. The third-order valence-corrected chi connectivity index (χ3v) is 4.72. The quantitative estimate of drug-likeness (QED) is 0.808. The predicted molar refractivity (Wildman–Crippen MR) is 51.3 cm³/mol. The number of thiophene rings is 1. The molecule has 0 spiro atoms. The lowest BCUT2D eigenvalue weighted by molar-refractivity contribution is 0.418. The van der Waals surface area contributed by atoms with Crippen molar-refractivity contribution < 1.29 is 17.2 Å². The first-order valence-corrected chi connectivity index (χ1v) is 6.33. The monoisotopic (exact) mass is 238 g/mol. The molecule has 0 saturated heterocycles. The molecule has 0 amide bonds. The average molecular weight is 238 g/mol. The van der Waals surface area contributed by atoms with Crippen molar-refractivity contribution in [2.45, 2.75) is 10.6 Å². The first kappa shape index (κ1) is 11.3. The molecule has 6 heteroatoms. The van der Waals surface area contributed by atoms with E-state index in [4.69, 9.17) is 0 Å². The van der Waals surface area contributed by atoms with E-state index in [0.29, 0.717) is 6.08 Å². The van der Waals surface area contributed by atoms with E-state index in [0.717, 1.165) is 11.3 Å². The lowest BCUT2D eigenvalue weighted by Crippen LogP contribution is -2.03. The molecule has 0 aromatic carbocycles. The van der Waals surface area contributed by atoms with Crippen LogP contribution in [-0.4, -0.2) is 14.2 Å². The van der Waals surface area contributed by atoms with Crippen LogP contribution in [0.3, 0.4) is 0 Å². The fraction of sp³-hybridized carbons (Fsp3) is 0.250. The van der Waals surface area contributed by atoms with Gasteiger partial charge in [0.25, 0.3) is 6.08 Å². The Labute approximate surface area is 84.8 Å². The van der Waals surface area contributed by atoms with Crippen LogP contribution in [0.15, 0.2) is 33.9 Å². The summed E-state index contributed by atoms with van der Waals surface area (Å²) in [5.74, 6) is -0.273. The standard InChI is InChI=1S/C8H8F2O2S2/c9-7(10)3-2-6-14(11,12)8-4-1-5-13-8/h1,3-5H,2,6H2. The Morgan fingerprint density at radius 3 is 2.71 bits per heavy atom. The maximum atomic E-state index is 11.6. The van der Waals surface area contributed by atoms with Crippen LogP contribution in [0.5, 0.6) is 0 Å². The van der Waals surface area contributed by atoms with Gasteiger partial charge in [0.15, 0.2) is 9.84 Å². The van der Waals surface area contributed by atoms with Gasteiger partial charge in [0.05, 0.1) is 5.75 Å². The highest BCUT2D eigenvalue weighted by atomic mass is 32.2. The Morgan fingerprint density at radius 2 is 2.21 bits per heavy atom. The van der Waals surface area contributed by atoms with E-state index in [-0.39, 0.29) is 16.4 Å². The maximum absolute atomic E-state index is 11.6. The third kappa shape index (κ3) is 3.19. The van der Waals surface area contributed by atoms with Gasteiger partial charge in [-0.3, -0.25) is 0 Å². The van der Waals surface area contributed by atoms with Gasteiger partial charge in [0.1, 0.15) is 4.21 Å². The van der Waals surface area contributed by atoms with E-state index >= 15 is 0 Å². The molecule has 0 fully saturated rings. The molecular weight excluding hydrogens is 230 g/mol. The molecule has 0 aliphatic carbocycles. The van der Waals surface area contributed by atoms with Crippen molar-refractivity contribution in [1.82, 2.24) is 0 Å². The molecule has 0 aliphatic heterocycles. The SMILES string of the molecule is O=S(=O)(CCC=C(F)F)c1cccs1. The molecule has 0 saturated carbocycles. The molecule has 0 bridgehead atoms. The van der Waals surface area contributed by atoms with E-state index in [1.807, 2.05) is 0 Å². The zero-order valence-electron chi connectivity index (χ0n) is 7.11. The highest BCUT2D eigenvalue weighted by Crippen LogP contribution is 2.18. The summed E-state index contributed by atoms with van der Waals surface area (Å²) in [6.07, 6.45) is -1.38. The van der Waals surface area contributed by atoms with Crippen molar-refractivity contribution in [2.75, 3.05) is 5.75 Å². The summed E-state index contributed by atoms with van der Waals surface area (Å²) < 4.78 is 46.3. The summed E-state index contributed by atoms with van der Waals surface area (Å²) in [5.41, 5.74) is 0. The van der Waals surface area contributed by atoms with E-state index in [1.165, 1.54) is 6.07 Å². The number of halogens is 2. The van der Waals surface area contributed by atoms with Crippen LogP contribution in [0.4, 0.5) is 8.78 Å². The van der Waals surface area contributed by atoms with Crippen LogP contribution in [-0.2, 0) is 9.84 Å². The molecule has 78 valence electrons. The Bertz CT molecular complexity index is 403. The number of hydrogen-bond donors (Lipinski definition) is 0. The molecule has 1 aromatic rings. The van der Waals surface area contributed by atoms with E-state index in [2.05, 4.69) is 0 Å². The Kier molecular flexibility index (Phi) is 3.77. The second kappa shape index (κ2) is 4.65. The first-order chi connectivity index (χ1) is 6.52. The van der Waals surface area contributed by atoms with Gasteiger partial charge in [-0.25, -0.2) is 8.42 Å². The van der Waals surface area contributed by atoms with Gasteiger partial charge < -0.3 is 0 Å². The summed E-state index contributed by atoms with van der Waals surface area (Å²) in [6.45, 7) is 0. The number of rotatable bonds is 4. The highest BCUT2D eigenvalue weighted by Gasteiger charge is 2.14. The molecule has 0 atom stereocenters. The predicted octanol–water partition coefficient (Wildman–Crippen LogP) is 2.69. The summed E-state index contributed by atoms with van der Waals surface area (Å²) in [7, 11) is -3.37. The smallest absolute Gasteiger partial charge is 0.223 e. The van der Waals surface area contributed by atoms with E-state index < -0.39 is 15.9 Å². The minimum Gasteiger partial charge on any atom is -0.223 e. The number of hydrogen-bond acceptors (Lipinski definition) is 3. The van der Waals surface area contributed by atoms with Crippen LogP contribution < -0.4 is 0 Å². The lowest BCUT2D eigenvalue weighted by Gasteiger charge is -1.97. The Hall–Kier alpha value is -0.750. The van der Waals surface area contributed by atoms with E-state index in [1.54, 1.807) is 11.4 Å². The first-order valence-electron chi connectivity index (χ1n) is 3.80. The molecule has 0 aliphatic rings. The molecule has 1 aromatic heterocycles. The molecule has 0 radical (unpaired) electrons. The summed E-state index contributed by atoms with van der Waals surface area (Å²) in [6, 6.07) is 3.08. The topological polar surface area (TPSA) is 34.1 Å². The van der Waals surface area contributed by atoms with Crippen molar-refractivity contribution in [1.29, 1.82) is 0 Å². The maximum Gasteiger partial charge on any atom is 0.266 e. The molecule has 0 unspecified atom stereocenters. The molecule has 1 rings (SSSR count). The minimum atomic E-state index is -3.37. The van der Waals surface area contributed by atoms with Crippen LogP contribution in [0.2, 0.25) is 0 Å². The lowest BCUT2D eigenvalue weighted by atomic mass is 10.5. The average Bonchev–Trinajstić information content (AvgIpc) is 2.54. The molecule has 2 nitrogen and oxygen atoms in total. The van der Waals surface area contributed by atoms with Crippen molar-refractivity contribution in [3.05, 3.63) is 29.7 Å². The van der Waals surface area contributed by atoms with Gasteiger partial charge in [-0.1, -0.05) is 6.07 Å². The van der Waals surface area contributed by atoms with Gasteiger partial charge in [-0.05, 0) is 23.9 Å². The zero-order chi connectivity index (χ0) is 10.6. The van der Waals surface area contributed by atoms with Gasteiger partial charge in [0.2, 0.25) is 0 Å². The summed E-state index contributed by atoms with van der Waals surface area (Å²) >= 11 is 1.09. The van der Waals surface area contributed by atoms with Crippen molar-refractivity contribution in [2.24, 2.45) is 0 Å². The zero-order valence-corrected chi connectivity index (χ0v) is 8.75. The normalized spacial score (nSPS) is 11.3. The van der Waals surface area contributed by atoms with Gasteiger partial charge in [-0.2, -0.15) is 8.78 Å². The molecule has 0 N–H and O–H groups in total. The minimum absolute atomic E-state index is 0.150. The van der Waals surface area contributed by atoms with Gasteiger partial charge >= 0.3 is 0 Å². The van der Waals surface area contributed by atoms with Crippen molar-refractivity contribution in [3.8, 4) is 0 Å². The number of sulfone groups is 1. The van der Waals surface area contributed by atoms with Crippen LogP contribution in [0.25, 0.3) is 0 Å². The van der Waals surface area contributed by atoms with Gasteiger partial charge in [-0.15, -0.1) is 11.3 Å². The van der Waals surface area contributed by atoms with E-state index in [9.17, 15) is 17.2 Å². The van der Waals surface area contributed by atoms with Crippen LogP contribution in [0, 0.1) is 0 Å². The fourth-order valence-corrected chi connectivity index (χ4v) is 3.23. The molecular formula is C8H8F2O2S2. The summed E-state index contributed by atoms with van der Waals surface area (Å²) in [4.78, 5) is 0.